The molecule has 1 heterocycles. The van der Waals surface area contributed by atoms with Crippen LogP contribution in [0.3, 0.4) is 0 Å². The van der Waals surface area contributed by atoms with Crippen LogP contribution in [0.2, 0.25) is 0 Å². The molecule has 0 bridgehead atoms. The number of fused-ring (bicyclic) bond motifs is 1. The van der Waals surface area contributed by atoms with Crippen LogP contribution in [-0.4, -0.2) is 18.0 Å². The van der Waals surface area contributed by atoms with Crippen LogP contribution in [0.25, 0.3) is 0 Å². The number of halogens is 2. The number of pyridine rings is 1. The van der Waals surface area contributed by atoms with E-state index in [0.29, 0.717) is 18.7 Å². The van der Waals surface area contributed by atoms with Crippen LogP contribution in [0.5, 0.6) is 5.88 Å². The van der Waals surface area contributed by atoms with Crippen molar-refractivity contribution in [1.82, 2.24) is 4.98 Å². The molecule has 2 fully saturated rings. The van der Waals surface area contributed by atoms with Gasteiger partial charge in [-0.3, -0.25) is 0 Å². The fraction of sp³-hybridized carbons (Fsp3) is 0.667. The largest absolute Gasteiger partial charge is 0.481 e. The highest BCUT2D eigenvalue weighted by molar-refractivity contribution is 5.33. The highest BCUT2D eigenvalue weighted by atomic mass is 19.3. The third kappa shape index (κ3) is 2.01. The van der Waals surface area contributed by atoms with E-state index in [9.17, 15) is 8.78 Å². The summed E-state index contributed by atoms with van der Waals surface area (Å²) in [5, 5.41) is 0. The summed E-state index contributed by atoms with van der Waals surface area (Å²) in [7, 11) is 1.60. The van der Waals surface area contributed by atoms with Gasteiger partial charge in [-0.2, -0.15) is 0 Å². The Bertz CT molecular complexity index is 489. The zero-order valence-electron chi connectivity index (χ0n) is 11.3. The van der Waals surface area contributed by atoms with Crippen LogP contribution in [-0.2, 0) is 0 Å². The monoisotopic (exact) mass is 267 g/mol. The van der Waals surface area contributed by atoms with Gasteiger partial charge in [0, 0.05) is 23.6 Å². The van der Waals surface area contributed by atoms with Gasteiger partial charge in [-0.1, -0.05) is 6.07 Å². The molecule has 0 amide bonds. The van der Waals surface area contributed by atoms with Gasteiger partial charge in [0.1, 0.15) is 0 Å². The van der Waals surface area contributed by atoms with Crippen molar-refractivity contribution in [3.8, 4) is 5.88 Å². The van der Waals surface area contributed by atoms with Crippen molar-refractivity contribution in [3.63, 3.8) is 0 Å². The molecule has 2 aliphatic rings. The van der Waals surface area contributed by atoms with Crippen molar-refractivity contribution in [2.45, 2.75) is 44.4 Å². The Hall–Kier alpha value is -1.19. The van der Waals surface area contributed by atoms with Gasteiger partial charge in [0.05, 0.1) is 7.11 Å². The maximum atomic E-state index is 13.8. The lowest BCUT2D eigenvalue weighted by molar-refractivity contribution is -0.0409. The number of alkyl halides is 2. The van der Waals surface area contributed by atoms with E-state index in [0.717, 1.165) is 17.7 Å². The van der Waals surface area contributed by atoms with Crippen molar-refractivity contribution in [2.75, 3.05) is 7.11 Å². The number of rotatable bonds is 2. The topological polar surface area (TPSA) is 22.1 Å². The standard InChI is InChI=1S/C15H19F2NO/c1-9-3-4-12(14(18-9)19-2)10-5-6-13-11(10)7-8-15(13,16)17/h3-4,10-11,13H,5-8H2,1-2H3. The van der Waals surface area contributed by atoms with E-state index in [1.807, 2.05) is 19.1 Å². The molecule has 3 unspecified atom stereocenters. The smallest absolute Gasteiger partial charge is 0.251 e. The number of aryl methyl sites for hydroxylation is 1. The highest BCUT2D eigenvalue weighted by Crippen LogP contribution is 2.58. The van der Waals surface area contributed by atoms with Gasteiger partial charge in [0.2, 0.25) is 5.88 Å². The van der Waals surface area contributed by atoms with Gasteiger partial charge in [-0.05, 0) is 44.1 Å². The summed E-state index contributed by atoms with van der Waals surface area (Å²) in [5.74, 6) is -2.02. The van der Waals surface area contributed by atoms with Gasteiger partial charge in [-0.25, -0.2) is 13.8 Å². The average molecular weight is 267 g/mol. The molecule has 2 aliphatic carbocycles. The van der Waals surface area contributed by atoms with Crippen molar-refractivity contribution in [2.24, 2.45) is 11.8 Å². The molecule has 4 heteroatoms. The second-order valence-corrected chi connectivity index (χ2v) is 5.81. The molecule has 0 spiro atoms. The molecular formula is C15H19F2NO. The summed E-state index contributed by atoms with van der Waals surface area (Å²) < 4.78 is 32.9. The molecule has 3 atom stereocenters. The SMILES string of the molecule is COc1nc(C)ccc1C1CCC2C1CCC2(F)F. The molecule has 1 aromatic rings. The predicted octanol–water partition coefficient (Wildman–Crippen LogP) is 3.94. The summed E-state index contributed by atoms with van der Waals surface area (Å²) in [6.45, 7) is 1.91. The maximum absolute atomic E-state index is 13.8. The first-order chi connectivity index (χ1) is 9.03. The van der Waals surface area contributed by atoms with E-state index in [1.165, 1.54) is 0 Å². The van der Waals surface area contributed by atoms with E-state index >= 15 is 0 Å². The number of nitrogens with zero attached hydrogens (tertiary/aromatic N) is 1. The summed E-state index contributed by atoms with van der Waals surface area (Å²) >= 11 is 0. The number of hydrogen-bond donors (Lipinski definition) is 0. The molecule has 2 saturated carbocycles. The molecule has 0 radical (unpaired) electrons. The minimum absolute atomic E-state index is 0.0421. The Morgan fingerprint density at radius 2 is 2.05 bits per heavy atom. The van der Waals surface area contributed by atoms with Crippen molar-refractivity contribution < 1.29 is 13.5 Å². The summed E-state index contributed by atoms with van der Waals surface area (Å²) in [6, 6.07) is 3.95. The van der Waals surface area contributed by atoms with Crippen LogP contribution in [0.15, 0.2) is 12.1 Å². The van der Waals surface area contributed by atoms with Gasteiger partial charge in [0.25, 0.3) is 5.92 Å². The third-order valence-corrected chi connectivity index (χ3v) is 4.80. The molecule has 2 nitrogen and oxygen atoms in total. The third-order valence-electron chi connectivity index (χ3n) is 4.80. The molecule has 0 aromatic carbocycles. The molecule has 104 valence electrons. The van der Waals surface area contributed by atoms with Crippen LogP contribution in [0, 0.1) is 18.8 Å². The predicted molar refractivity (Wildman–Crippen MR) is 68.7 cm³/mol. The van der Waals surface area contributed by atoms with Crippen molar-refractivity contribution in [3.05, 3.63) is 23.4 Å². The Labute approximate surface area is 112 Å². The highest BCUT2D eigenvalue weighted by Gasteiger charge is 2.55. The molecule has 0 aliphatic heterocycles. The second-order valence-electron chi connectivity index (χ2n) is 5.81. The maximum Gasteiger partial charge on any atom is 0.251 e. The zero-order chi connectivity index (χ0) is 13.6. The minimum atomic E-state index is -2.47. The quantitative estimate of drug-likeness (QED) is 0.809. The van der Waals surface area contributed by atoms with Crippen LogP contribution >= 0.6 is 0 Å². The van der Waals surface area contributed by atoms with E-state index in [1.54, 1.807) is 7.11 Å². The fourth-order valence-electron chi connectivity index (χ4n) is 3.91. The number of hydrogen-bond acceptors (Lipinski definition) is 2. The fourth-order valence-corrected chi connectivity index (χ4v) is 3.91. The number of aromatic nitrogens is 1. The van der Waals surface area contributed by atoms with Crippen molar-refractivity contribution in [1.29, 1.82) is 0 Å². The van der Waals surface area contributed by atoms with E-state index < -0.39 is 11.8 Å². The lowest BCUT2D eigenvalue weighted by Crippen LogP contribution is -2.23. The first kappa shape index (κ1) is 12.8. The minimum Gasteiger partial charge on any atom is -0.481 e. The van der Waals surface area contributed by atoms with Gasteiger partial charge < -0.3 is 4.74 Å². The Balaban J connectivity index is 1.92. The molecule has 0 saturated heterocycles. The summed E-state index contributed by atoms with van der Waals surface area (Å²) in [4.78, 5) is 4.38. The lowest BCUT2D eigenvalue weighted by Gasteiger charge is -2.21. The molecule has 0 N–H and O–H groups in total. The average Bonchev–Trinajstić information content (AvgIpc) is 2.91. The lowest BCUT2D eigenvalue weighted by atomic mass is 9.86. The van der Waals surface area contributed by atoms with E-state index in [-0.39, 0.29) is 18.3 Å². The van der Waals surface area contributed by atoms with Gasteiger partial charge in [0.15, 0.2) is 0 Å². The zero-order valence-corrected chi connectivity index (χ0v) is 11.3. The summed E-state index contributed by atoms with van der Waals surface area (Å²) in [6.07, 6.45) is 2.12. The van der Waals surface area contributed by atoms with E-state index in [4.69, 9.17) is 4.74 Å². The Morgan fingerprint density at radius 3 is 2.79 bits per heavy atom. The first-order valence-electron chi connectivity index (χ1n) is 6.92. The molecule has 19 heavy (non-hydrogen) atoms. The second kappa shape index (κ2) is 4.43. The van der Waals surface area contributed by atoms with Gasteiger partial charge in [-0.15, -0.1) is 0 Å². The first-order valence-corrected chi connectivity index (χ1v) is 6.92. The van der Waals surface area contributed by atoms with Crippen molar-refractivity contribution >= 4 is 0 Å². The summed E-state index contributed by atoms with van der Waals surface area (Å²) in [5.41, 5.74) is 1.91. The van der Waals surface area contributed by atoms with E-state index in [2.05, 4.69) is 4.98 Å². The van der Waals surface area contributed by atoms with Gasteiger partial charge >= 0.3 is 0 Å². The molecular weight excluding hydrogens is 248 g/mol. The molecule has 1 aromatic heterocycles. The number of methoxy groups -OCH3 is 1. The van der Waals surface area contributed by atoms with Crippen LogP contribution in [0.1, 0.15) is 42.9 Å². The Kier molecular flexibility index (Phi) is 2.99. The van der Waals surface area contributed by atoms with Crippen LogP contribution in [0.4, 0.5) is 8.78 Å². The normalized spacial score (nSPS) is 32.3. The Morgan fingerprint density at radius 1 is 1.26 bits per heavy atom. The number of ether oxygens (including phenoxy) is 1. The van der Waals surface area contributed by atoms with Crippen LogP contribution < -0.4 is 4.74 Å². The molecule has 3 rings (SSSR count).